The molecule has 4 aliphatic heterocycles. The lowest BCUT2D eigenvalue weighted by Crippen LogP contribution is -2.29. The molecule has 2 saturated heterocycles. The highest BCUT2D eigenvalue weighted by Crippen LogP contribution is 2.48. The third-order valence-electron chi connectivity index (χ3n) is 8.70. The molecule has 0 aliphatic carbocycles. The van der Waals surface area contributed by atoms with Crippen LogP contribution in [0.3, 0.4) is 0 Å². The van der Waals surface area contributed by atoms with Gasteiger partial charge in [-0.15, -0.1) is 0 Å². The number of carbonyl (C=O) groups is 2. The van der Waals surface area contributed by atoms with Crippen LogP contribution >= 0.6 is 0 Å². The smallest absolute Gasteiger partial charge is 0.261 e. The van der Waals surface area contributed by atoms with Crippen molar-refractivity contribution in [2.75, 3.05) is 26.4 Å². The maximum Gasteiger partial charge on any atom is 0.261 e. The minimum Gasteiger partial charge on any atom is -0.346 e. The topological polar surface area (TPSA) is 77.5 Å². The summed E-state index contributed by atoms with van der Waals surface area (Å²) in [7, 11) is 0. The highest BCUT2D eigenvalue weighted by Gasteiger charge is 2.49. The Morgan fingerprint density at radius 3 is 1.17 bits per heavy atom. The van der Waals surface area contributed by atoms with E-state index < -0.39 is 12.6 Å². The Labute approximate surface area is 267 Å². The van der Waals surface area contributed by atoms with Gasteiger partial charge in [0, 0.05) is 11.1 Å². The van der Waals surface area contributed by atoms with Crippen molar-refractivity contribution >= 4 is 23.2 Å². The van der Waals surface area contributed by atoms with Crippen molar-refractivity contribution < 1.29 is 28.5 Å². The molecule has 46 heavy (non-hydrogen) atoms. The van der Waals surface area contributed by atoms with Gasteiger partial charge in [-0.05, 0) is 22.3 Å². The first-order valence-electron chi connectivity index (χ1n) is 15.5. The SMILES string of the molecule is O=C1C2=C(c3ccc(C4OCCO4)cc3)N(Cc3ccccc3)C(=O)C2=C(c2ccc(C3OCCO3)cc2)N1Cc1ccccc1. The molecule has 8 nitrogen and oxygen atoms in total. The number of carbonyl (C=O) groups excluding carboxylic acids is 2. The van der Waals surface area contributed by atoms with E-state index in [-0.39, 0.29) is 11.8 Å². The molecule has 0 atom stereocenters. The summed E-state index contributed by atoms with van der Waals surface area (Å²) in [6, 6.07) is 35.2. The molecule has 0 N–H and O–H groups in total. The number of hydrogen-bond acceptors (Lipinski definition) is 6. The van der Waals surface area contributed by atoms with Gasteiger partial charge in [0.1, 0.15) is 0 Å². The Balaban J connectivity index is 1.27. The predicted octanol–water partition coefficient (Wildman–Crippen LogP) is 5.98. The van der Waals surface area contributed by atoms with Gasteiger partial charge in [-0.2, -0.15) is 0 Å². The normalized spacial score (nSPS) is 18.9. The lowest BCUT2D eigenvalue weighted by atomic mass is 10.0. The summed E-state index contributed by atoms with van der Waals surface area (Å²) < 4.78 is 22.8. The van der Waals surface area contributed by atoms with Crippen molar-refractivity contribution in [1.82, 2.24) is 9.80 Å². The van der Waals surface area contributed by atoms with Crippen LogP contribution in [0.25, 0.3) is 11.4 Å². The molecular weight excluding hydrogens is 580 g/mol. The molecule has 0 spiro atoms. The average Bonchev–Trinajstić information content (AvgIpc) is 3.92. The predicted molar refractivity (Wildman–Crippen MR) is 170 cm³/mol. The summed E-state index contributed by atoms with van der Waals surface area (Å²) >= 11 is 0. The minimum absolute atomic E-state index is 0.203. The molecule has 4 aromatic rings. The summed E-state index contributed by atoms with van der Waals surface area (Å²) in [6.45, 7) is 2.84. The van der Waals surface area contributed by atoms with E-state index in [2.05, 4.69) is 0 Å². The number of ether oxygens (including phenoxy) is 4. The summed E-state index contributed by atoms with van der Waals surface area (Å²) in [4.78, 5) is 32.7. The molecule has 0 saturated carbocycles. The number of nitrogens with zero attached hydrogens (tertiary/aromatic N) is 2. The van der Waals surface area contributed by atoms with E-state index in [0.29, 0.717) is 62.1 Å². The van der Waals surface area contributed by atoms with Crippen molar-refractivity contribution in [2.45, 2.75) is 25.7 Å². The molecule has 2 amide bonds. The zero-order chi connectivity index (χ0) is 31.0. The van der Waals surface area contributed by atoms with Gasteiger partial charge in [-0.25, -0.2) is 0 Å². The van der Waals surface area contributed by atoms with Crippen molar-refractivity contribution in [3.05, 3.63) is 154 Å². The lowest BCUT2D eigenvalue weighted by Gasteiger charge is -2.26. The van der Waals surface area contributed by atoms with Gasteiger partial charge < -0.3 is 28.7 Å². The third-order valence-corrected chi connectivity index (χ3v) is 8.70. The molecule has 4 heterocycles. The fraction of sp³-hybridized carbons (Fsp3) is 0.211. The monoisotopic (exact) mass is 612 g/mol. The standard InChI is InChI=1S/C38H32N2O6/c41-35-32-31(33(39(35)23-25-7-3-1-4-8-25)27-11-15-29(16-12-27)37-43-19-20-44-37)36(42)40(24-26-9-5-2-6-10-26)34(32)28-13-17-30(18-14-28)38-45-21-22-46-38/h1-18,37-38H,19-24H2. The fourth-order valence-electron chi connectivity index (χ4n) is 6.53. The van der Waals surface area contributed by atoms with Crippen LogP contribution in [0, 0.1) is 0 Å². The zero-order valence-electron chi connectivity index (χ0n) is 25.1. The summed E-state index contributed by atoms with van der Waals surface area (Å²) in [5.41, 5.74) is 7.30. The van der Waals surface area contributed by atoms with Gasteiger partial charge in [0.2, 0.25) is 0 Å². The van der Waals surface area contributed by atoms with E-state index in [4.69, 9.17) is 18.9 Å². The molecule has 0 aromatic heterocycles. The average molecular weight is 613 g/mol. The van der Waals surface area contributed by atoms with E-state index in [9.17, 15) is 9.59 Å². The van der Waals surface area contributed by atoms with Gasteiger partial charge in [0.15, 0.2) is 12.6 Å². The van der Waals surface area contributed by atoms with E-state index in [1.54, 1.807) is 9.80 Å². The quantitative estimate of drug-likeness (QED) is 0.244. The van der Waals surface area contributed by atoms with Crippen LogP contribution in [0.1, 0.15) is 46.0 Å². The van der Waals surface area contributed by atoms with Crippen LogP contribution in [0.5, 0.6) is 0 Å². The van der Waals surface area contributed by atoms with Gasteiger partial charge >= 0.3 is 0 Å². The molecule has 0 bridgehead atoms. The second-order valence-electron chi connectivity index (χ2n) is 11.6. The third kappa shape index (κ3) is 5.15. The van der Waals surface area contributed by atoms with Crippen LogP contribution < -0.4 is 0 Å². The van der Waals surface area contributed by atoms with Crippen LogP contribution in [-0.2, 0) is 41.6 Å². The molecule has 0 radical (unpaired) electrons. The Morgan fingerprint density at radius 1 is 0.478 bits per heavy atom. The van der Waals surface area contributed by atoms with Crippen LogP contribution in [0.2, 0.25) is 0 Å². The molecular formula is C38H32N2O6. The molecule has 8 heteroatoms. The van der Waals surface area contributed by atoms with Crippen molar-refractivity contribution in [1.29, 1.82) is 0 Å². The summed E-state index contributed by atoms with van der Waals surface area (Å²) in [5, 5.41) is 0. The fourth-order valence-corrected chi connectivity index (χ4v) is 6.53. The zero-order valence-corrected chi connectivity index (χ0v) is 25.1. The van der Waals surface area contributed by atoms with Crippen molar-refractivity contribution in [2.24, 2.45) is 0 Å². The Morgan fingerprint density at radius 2 is 0.826 bits per heavy atom. The second kappa shape index (κ2) is 12.2. The molecule has 4 aliphatic rings. The van der Waals surface area contributed by atoms with E-state index in [0.717, 1.165) is 33.4 Å². The molecule has 2 fully saturated rings. The van der Waals surface area contributed by atoms with E-state index in [1.165, 1.54) is 0 Å². The number of rotatable bonds is 8. The van der Waals surface area contributed by atoms with E-state index >= 15 is 0 Å². The first-order chi connectivity index (χ1) is 22.7. The highest BCUT2D eigenvalue weighted by molar-refractivity contribution is 6.30. The minimum atomic E-state index is -0.420. The number of fused-ring (bicyclic) bond motifs is 1. The van der Waals surface area contributed by atoms with Gasteiger partial charge in [0.25, 0.3) is 11.8 Å². The lowest BCUT2D eigenvalue weighted by molar-refractivity contribution is -0.124. The van der Waals surface area contributed by atoms with E-state index in [1.807, 2.05) is 109 Å². The van der Waals surface area contributed by atoms with Crippen LogP contribution in [-0.4, -0.2) is 48.0 Å². The number of amides is 2. The van der Waals surface area contributed by atoms with Crippen molar-refractivity contribution in [3.8, 4) is 0 Å². The number of benzene rings is 4. The molecule has 4 aromatic carbocycles. The number of hydrogen-bond donors (Lipinski definition) is 0. The summed E-state index contributed by atoms with van der Waals surface area (Å²) in [6.07, 6.45) is -0.839. The second-order valence-corrected chi connectivity index (χ2v) is 11.6. The molecule has 8 rings (SSSR count). The Hall–Kier alpha value is -4.86. The van der Waals surface area contributed by atoms with Gasteiger partial charge in [0.05, 0.1) is 62.1 Å². The van der Waals surface area contributed by atoms with Gasteiger partial charge in [-0.1, -0.05) is 109 Å². The summed E-state index contributed by atoms with van der Waals surface area (Å²) in [5.74, 6) is -0.406. The molecule has 0 unspecified atom stereocenters. The maximum atomic E-state index is 14.6. The first kappa shape index (κ1) is 28.6. The highest BCUT2D eigenvalue weighted by atomic mass is 16.7. The van der Waals surface area contributed by atoms with Crippen molar-refractivity contribution in [3.63, 3.8) is 0 Å². The molecule has 230 valence electrons. The van der Waals surface area contributed by atoms with Crippen LogP contribution in [0.4, 0.5) is 0 Å². The Bertz CT molecular complexity index is 1690. The van der Waals surface area contributed by atoms with Gasteiger partial charge in [-0.3, -0.25) is 9.59 Å². The maximum absolute atomic E-state index is 14.6. The first-order valence-corrected chi connectivity index (χ1v) is 15.5. The Kier molecular flexibility index (Phi) is 7.56. The largest absolute Gasteiger partial charge is 0.346 e. The van der Waals surface area contributed by atoms with Crippen LogP contribution in [0.15, 0.2) is 120 Å².